The van der Waals surface area contributed by atoms with Gasteiger partial charge in [0.1, 0.15) is 11.5 Å². The third kappa shape index (κ3) is 8.73. The number of aryl methyl sites for hydroxylation is 1. The Morgan fingerprint density at radius 2 is 1.79 bits per heavy atom. The smallest absolute Gasteiger partial charge is 0.225 e. The molecule has 212 valence electrons. The summed E-state index contributed by atoms with van der Waals surface area (Å²) in [6, 6.07) is 6.89. The molecule has 2 fully saturated rings. The first-order valence-electron chi connectivity index (χ1n) is 14.7. The number of fused-ring (bicyclic) bond motifs is 1. The molecule has 0 spiro atoms. The van der Waals surface area contributed by atoms with Gasteiger partial charge >= 0.3 is 0 Å². The fourth-order valence-electron chi connectivity index (χ4n) is 5.47. The van der Waals surface area contributed by atoms with Gasteiger partial charge in [0.25, 0.3) is 0 Å². The Hall–Kier alpha value is -2.53. The fourth-order valence-corrected chi connectivity index (χ4v) is 5.63. The lowest BCUT2D eigenvalue weighted by Crippen LogP contribution is -2.35. The van der Waals surface area contributed by atoms with Crippen molar-refractivity contribution < 1.29 is 0 Å². The second-order valence-corrected chi connectivity index (χ2v) is 11.2. The minimum absolute atomic E-state index is 0.389. The van der Waals surface area contributed by atoms with Crippen LogP contribution in [-0.4, -0.2) is 69.8 Å². The highest BCUT2D eigenvalue weighted by Crippen LogP contribution is 2.26. The molecule has 0 atom stereocenters. The number of anilines is 2. The first-order chi connectivity index (χ1) is 19.2. The lowest BCUT2D eigenvalue weighted by molar-refractivity contribution is 0.371. The summed E-state index contributed by atoms with van der Waals surface area (Å²) in [5, 5.41) is 27.9. The monoisotopic (exact) mass is 554 g/mol. The highest BCUT2D eigenvalue weighted by atomic mass is 35.5. The Bertz CT molecular complexity index is 1160. The summed E-state index contributed by atoms with van der Waals surface area (Å²) in [6.07, 6.45) is 13.2. The Labute approximate surface area is 236 Å². The molecule has 10 nitrogen and oxygen atoms in total. The quantitative estimate of drug-likeness (QED) is 0.189. The molecule has 2 aliphatic rings. The van der Waals surface area contributed by atoms with Crippen LogP contribution in [0.3, 0.4) is 0 Å². The molecule has 5 rings (SSSR count). The number of hydrogen-bond donors (Lipinski definition) is 5. The van der Waals surface area contributed by atoms with Crippen LogP contribution < -0.4 is 26.6 Å². The molecule has 0 bridgehead atoms. The average molecular weight is 555 g/mol. The minimum Gasteiger partial charge on any atom is -0.367 e. The van der Waals surface area contributed by atoms with E-state index in [9.17, 15) is 0 Å². The van der Waals surface area contributed by atoms with E-state index in [2.05, 4.69) is 36.9 Å². The Morgan fingerprint density at radius 3 is 2.67 bits per heavy atom. The molecule has 5 N–H and O–H groups in total. The van der Waals surface area contributed by atoms with E-state index in [-0.39, 0.29) is 0 Å². The fraction of sp³-hybridized carbons (Fsp3) is 0.643. The average Bonchev–Trinajstić information content (AvgIpc) is 3.42. The molecule has 1 saturated heterocycles. The van der Waals surface area contributed by atoms with Crippen molar-refractivity contribution in [1.29, 1.82) is 0 Å². The summed E-state index contributed by atoms with van der Waals surface area (Å²) in [5.74, 6) is 1.39. The van der Waals surface area contributed by atoms with Crippen LogP contribution in [0.25, 0.3) is 10.9 Å². The van der Waals surface area contributed by atoms with Crippen molar-refractivity contribution in [2.24, 2.45) is 0 Å². The molecule has 11 heteroatoms. The van der Waals surface area contributed by atoms with Crippen LogP contribution in [0.4, 0.5) is 11.8 Å². The molecule has 39 heavy (non-hydrogen) atoms. The van der Waals surface area contributed by atoms with Crippen LogP contribution >= 0.6 is 11.6 Å². The summed E-state index contributed by atoms with van der Waals surface area (Å²) >= 11 is 6.27. The van der Waals surface area contributed by atoms with Gasteiger partial charge in [0.05, 0.1) is 18.3 Å². The van der Waals surface area contributed by atoms with Crippen molar-refractivity contribution in [3.63, 3.8) is 0 Å². The second-order valence-electron chi connectivity index (χ2n) is 10.8. The van der Waals surface area contributed by atoms with Crippen LogP contribution in [0, 0.1) is 0 Å². The van der Waals surface area contributed by atoms with E-state index in [0.29, 0.717) is 23.6 Å². The molecule has 1 saturated carbocycles. The summed E-state index contributed by atoms with van der Waals surface area (Å²) < 4.78 is 1.91. The SMILES string of the molecule is Clc1ccc2c(NC3CCNCC3)nc(NCc3cn(CCCNCCCNC4CCCCC4)nn3)nc2c1. The highest BCUT2D eigenvalue weighted by Gasteiger charge is 2.16. The Balaban J connectivity index is 1.05. The number of halogens is 1. The third-order valence-electron chi connectivity index (χ3n) is 7.66. The lowest BCUT2D eigenvalue weighted by atomic mass is 9.95. The predicted molar refractivity (Wildman–Crippen MR) is 158 cm³/mol. The molecule has 0 amide bonds. The van der Waals surface area contributed by atoms with Gasteiger partial charge in [-0.25, -0.2) is 4.98 Å². The number of piperidine rings is 1. The minimum atomic E-state index is 0.389. The maximum atomic E-state index is 6.27. The molecule has 0 radical (unpaired) electrons. The van der Waals surface area contributed by atoms with Crippen molar-refractivity contribution in [1.82, 2.24) is 40.9 Å². The zero-order chi connectivity index (χ0) is 26.7. The van der Waals surface area contributed by atoms with E-state index >= 15 is 0 Å². The van der Waals surface area contributed by atoms with Crippen molar-refractivity contribution in [2.45, 2.75) is 83.0 Å². The molecular weight excluding hydrogens is 512 g/mol. The van der Waals surface area contributed by atoms with Gasteiger partial charge in [-0.1, -0.05) is 36.1 Å². The van der Waals surface area contributed by atoms with Gasteiger partial charge in [0, 0.05) is 29.0 Å². The number of nitrogens with one attached hydrogen (secondary N) is 5. The summed E-state index contributed by atoms with van der Waals surface area (Å²) in [5.41, 5.74) is 1.68. The van der Waals surface area contributed by atoms with Crippen LogP contribution in [0.15, 0.2) is 24.4 Å². The molecule has 3 aromatic rings. The van der Waals surface area contributed by atoms with E-state index in [1.165, 1.54) is 38.5 Å². The molecule has 1 aliphatic carbocycles. The number of hydrogen-bond acceptors (Lipinski definition) is 9. The van der Waals surface area contributed by atoms with E-state index in [4.69, 9.17) is 21.6 Å². The predicted octanol–water partition coefficient (Wildman–Crippen LogP) is 3.94. The molecular formula is C28H43ClN10. The molecule has 1 aromatic carbocycles. The number of nitrogens with zero attached hydrogens (tertiary/aromatic N) is 5. The van der Waals surface area contributed by atoms with Gasteiger partial charge in [0.2, 0.25) is 5.95 Å². The maximum Gasteiger partial charge on any atom is 0.225 e. The molecule has 3 heterocycles. The molecule has 0 unspecified atom stereocenters. The normalized spacial score (nSPS) is 17.1. The van der Waals surface area contributed by atoms with Gasteiger partial charge in [-0.2, -0.15) is 4.98 Å². The van der Waals surface area contributed by atoms with E-state index in [1.807, 2.05) is 29.1 Å². The number of rotatable bonds is 14. The first kappa shape index (κ1) is 28.0. The van der Waals surface area contributed by atoms with Crippen molar-refractivity contribution >= 4 is 34.3 Å². The van der Waals surface area contributed by atoms with E-state index in [1.54, 1.807) is 0 Å². The van der Waals surface area contributed by atoms with E-state index < -0.39 is 0 Å². The van der Waals surface area contributed by atoms with Gasteiger partial charge < -0.3 is 26.6 Å². The van der Waals surface area contributed by atoms with Crippen LogP contribution in [-0.2, 0) is 13.1 Å². The highest BCUT2D eigenvalue weighted by molar-refractivity contribution is 6.31. The van der Waals surface area contributed by atoms with Crippen LogP contribution in [0.5, 0.6) is 0 Å². The largest absolute Gasteiger partial charge is 0.367 e. The van der Waals surface area contributed by atoms with Crippen molar-refractivity contribution in [3.05, 3.63) is 35.1 Å². The van der Waals surface area contributed by atoms with Crippen molar-refractivity contribution in [3.8, 4) is 0 Å². The van der Waals surface area contributed by atoms with Crippen molar-refractivity contribution in [2.75, 3.05) is 43.4 Å². The topological polar surface area (TPSA) is 117 Å². The van der Waals surface area contributed by atoms with Gasteiger partial charge in [-0.05, 0) is 89.4 Å². The summed E-state index contributed by atoms with van der Waals surface area (Å²) in [6.45, 7) is 6.53. The summed E-state index contributed by atoms with van der Waals surface area (Å²) in [4.78, 5) is 9.50. The number of benzene rings is 1. The van der Waals surface area contributed by atoms with Gasteiger partial charge in [0.15, 0.2) is 0 Å². The number of aromatic nitrogens is 5. The first-order valence-corrected chi connectivity index (χ1v) is 15.1. The van der Waals surface area contributed by atoms with Crippen LogP contribution in [0.1, 0.15) is 63.5 Å². The van der Waals surface area contributed by atoms with Gasteiger partial charge in [-0.15, -0.1) is 5.10 Å². The maximum absolute atomic E-state index is 6.27. The standard InChI is InChI=1S/C28H43ClN10/c29-21-8-9-25-26(18-21)35-28(36-27(25)34-23-10-15-31-16-11-23)33-19-24-20-39(38-37-24)17-5-13-30-12-4-14-32-22-6-2-1-3-7-22/h8-9,18,20,22-23,30-32H,1-7,10-17,19H2,(H2,33,34,35,36). The Morgan fingerprint density at radius 1 is 0.949 bits per heavy atom. The van der Waals surface area contributed by atoms with Gasteiger partial charge in [-0.3, -0.25) is 4.68 Å². The van der Waals surface area contributed by atoms with E-state index in [0.717, 1.165) is 87.0 Å². The summed E-state index contributed by atoms with van der Waals surface area (Å²) in [7, 11) is 0. The second kappa shape index (κ2) is 14.7. The molecule has 1 aliphatic heterocycles. The Kier molecular flexibility index (Phi) is 10.6. The van der Waals surface area contributed by atoms with Crippen LogP contribution in [0.2, 0.25) is 5.02 Å². The molecule has 2 aromatic heterocycles. The lowest BCUT2D eigenvalue weighted by Gasteiger charge is -2.25. The zero-order valence-corrected chi connectivity index (χ0v) is 23.6. The zero-order valence-electron chi connectivity index (χ0n) is 22.9. The third-order valence-corrected chi connectivity index (χ3v) is 7.90.